The Labute approximate surface area is 82.4 Å². The van der Waals surface area contributed by atoms with Crippen molar-refractivity contribution in [3.63, 3.8) is 0 Å². The van der Waals surface area contributed by atoms with Crippen molar-refractivity contribution in [3.05, 3.63) is 0 Å². The fourth-order valence-electron chi connectivity index (χ4n) is 0.547. The van der Waals surface area contributed by atoms with E-state index >= 15 is 0 Å². The lowest BCUT2D eigenvalue weighted by atomic mass is 10.1. The Morgan fingerprint density at radius 2 is 1.54 bits per heavy atom. The molecular weight excluding hydrogens is 190 g/mol. The van der Waals surface area contributed by atoms with Crippen LogP contribution in [0.25, 0.3) is 0 Å². The summed E-state index contributed by atoms with van der Waals surface area (Å²) in [6, 6.07) is 0. The van der Waals surface area contributed by atoms with Crippen LogP contribution in [0.1, 0.15) is 13.8 Å². The lowest BCUT2D eigenvalue weighted by Crippen LogP contribution is -2.40. The van der Waals surface area contributed by atoms with Gasteiger partial charge in [0, 0.05) is 37.4 Å². The third-order valence-corrected chi connectivity index (χ3v) is 0.930. The maximum absolute atomic E-state index is 10.8. The highest BCUT2D eigenvalue weighted by Crippen LogP contribution is 2.02. The van der Waals surface area contributed by atoms with E-state index in [4.69, 9.17) is 5.11 Å². The number of hydrogen-bond acceptors (Lipinski definition) is 3. The van der Waals surface area contributed by atoms with Crippen LogP contribution in [0.2, 0.25) is 0 Å². The monoisotopic (exact) mass is 209 g/mol. The van der Waals surface area contributed by atoms with Crippen molar-refractivity contribution in [2.75, 3.05) is 26.6 Å². The van der Waals surface area contributed by atoms with Crippen LogP contribution in [0.4, 0.5) is 0 Å². The first-order chi connectivity index (χ1) is 5.59. The van der Waals surface area contributed by atoms with Crippen molar-refractivity contribution in [1.29, 1.82) is 0 Å². The smallest absolute Gasteiger partial charge is 0.253 e. The molecule has 0 aromatic heterocycles. The molecule has 4 nitrogen and oxygen atoms in total. The fourth-order valence-corrected chi connectivity index (χ4v) is 0.547. The Balaban J connectivity index is 0. The number of aliphatic hydroxyl groups is 1. The molecule has 0 fully saturated rings. The van der Waals surface area contributed by atoms with Gasteiger partial charge in [-0.2, -0.15) is 0 Å². The molecule has 0 atom stereocenters. The van der Waals surface area contributed by atoms with Crippen LogP contribution in [-0.4, -0.2) is 52.3 Å². The highest BCUT2D eigenvalue weighted by atomic mass is 32.2. The summed E-state index contributed by atoms with van der Waals surface area (Å²) < 4.78 is 9.56. The lowest BCUT2D eigenvalue weighted by Gasteiger charge is -2.20. The largest absolute Gasteiger partial charge is 0.381 e. The van der Waals surface area contributed by atoms with Gasteiger partial charge in [-0.1, -0.05) is 0 Å². The van der Waals surface area contributed by atoms with Crippen LogP contribution in [0.3, 0.4) is 0 Å². The van der Waals surface area contributed by atoms with Gasteiger partial charge in [0.25, 0.3) is 5.91 Å². The second-order valence-electron chi connectivity index (χ2n) is 3.50. The zero-order chi connectivity index (χ0) is 11.2. The number of carbonyl (C=O) groups is 1. The molecular formula is C8H19NO3S. The summed E-state index contributed by atoms with van der Waals surface area (Å²) in [7, 11) is 2.61. The van der Waals surface area contributed by atoms with Gasteiger partial charge in [0.15, 0.2) is 0 Å². The van der Waals surface area contributed by atoms with Gasteiger partial charge in [-0.3, -0.25) is 9.00 Å². The van der Waals surface area contributed by atoms with Gasteiger partial charge < -0.3 is 10.0 Å². The van der Waals surface area contributed by atoms with E-state index in [2.05, 4.69) is 0 Å². The predicted molar refractivity (Wildman–Crippen MR) is 55.0 cm³/mol. The topological polar surface area (TPSA) is 57.6 Å². The second-order valence-corrected chi connectivity index (χ2v) is 4.98. The minimum Gasteiger partial charge on any atom is -0.381 e. The number of nitrogens with zero attached hydrogens (tertiary/aromatic N) is 1. The summed E-state index contributed by atoms with van der Waals surface area (Å²) in [6.07, 6.45) is 3.28. The van der Waals surface area contributed by atoms with Gasteiger partial charge in [-0.15, -0.1) is 0 Å². The molecule has 5 heteroatoms. The van der Waals surface area contributed by atoms with E-state index in [-0.39, 0.29) is 5.91 Å². The molecule has 0 unspecified atom stereocenters. The van der Waals surface area contributed by atoms with Crippen LogP contribution in [0.5, 0.6) is 0 Å². The van der Waals surface area contributed by atoms with E-state index < -0.39 is 16.4 Å². The minimum atomic E-state index is -1.23. The standard InChI is InChI=1S/C6H13NO2.C2H6OS/c1-6(2,9)5(8)7(3)4;1-4(2)3/h9H,1-4H3;1-2H3. The Morgan fingerprint density at radius 3 is 1.54 bits per heavy atom. The molecule has 0 saturated heterocycles. The first-order valence-corrected chi connectivity index (χ1v) is 5.75. The van der Waals surface area contributed by atoms with Crippen LogP contribution in [-0.2, 0) is 15.6 Å². The van der Waals surface area contributed by atoms with Crippen molar-refractivity contribution in [2.45, 2.75) is 19.4 Å². The Morgan fingerprint density at radius 1 is 1.31 bits per heavy atom. The summed E-state index contributed by atoms with van der Waals surface area (Å²) in [5, 5.41) is 9.07. The van der Waals surface area contributed by atoms with Gasteiger partial charge in [0.1, 0.15) is 5.60 Å². The molecule has 1 N–H and O–H groups in total. The number of carbonyl (C=O) groups excluding carboxylic acids is 1. The Hall–Kier alpha value is -0.420. The zero-order valence-corrected chi connectivity index (χ0v) is 9.94. The van der Waals surface area contributed by atoms with E-state index in [9.17, 15) is 9.00 Å². The molecule has 0 aromatic rings. The molecule has 0 rings (SSSR count). The van der Waals surface area contributed by atoms with E-state index in [0.29, 0.717) is 0 Å². The van der Waals surface area contributed by atoms with E-state index in [1.807, 2.05) is 0 Å². The average molecular weight is 209 g/mol. The van der Waals surface area contributed by atoms with Gasteiger partial charge in [-0.25, -0.2) is 0 Å². The van der Waals surface area contributed by atoms with Crippen molar-refractivity contribution in [3.8, 4) is 0 Å². The SMILES string of the molecule is CN(C)C(=O)C(C)(C)O.CS(C)=O. The van der Waals surface area contributed by atoms with Crippen molar-refractivity contribution < 1.29 is 14.1 Å². The molecule has 0 aromatic carbocycles. The van der Waals surface area contributed by atoms with Crippen molar-refractivity contribution in [2.24, 2.45) is 0 Å². The molecule has 0 aliphatic carbocycles. The Kier molecular flexibility index (Phi) is 7.07. The molecule has 0 bridgehead atoms. The zero-order valence-electron chi connectivity index (χ0n) is 9.12. The summed E-state index contributed by atoms with van der Waals surface area (Å²) in [6.45, 7) is 2.94. The average Bonchev–Trinajstić information content (AvgIpc) is 1.82. The minimum absolute atomic E-state index is 0.275. The molecule has 0 spiro atoms. The van der Waals surface area contributed by atoms with Crippen LogP contribution in [0, 0.1) is 0 Å². The summed E-state index contributed by atoms with van der Waals surface area (Å²) in [5.41, 5.74) is -1.23. The summed E-state index contributed by atoms with van der Waals surface area (Å²) in [4.78, 5) is 12.2. The quantitative estimate of drug-likeness (QED) is 0.653. The number of hydrogen-bond donors (Lipinski definition) is 1. The molecule has 0 aliphatic rings. The molecule has 0 aliphatic heterocycles. The lowest BCUT2D eigenvalue weighted by molar-refractivity contribution is -0.145. The maximum atomic E-state index is 10.8. The van der Waals surface area contributed by atoms with Gasteiger partial charge in [-0.05, 0) is 13.8 Å². The normalized spacial score (nSPS) is 10.5. The second kappa shape index (κ2) is 6.10. The van der Waals surface area contributed by atoms with Crippen molar-refractivity contribution in [1.82, 2.24) is 4.90 Å². The highest BCUT2D eigenvalue weighted by molar-refractivity contribution is 7.83. The molecule has 1 amide bonds. The van der Waals surface area contributed by atoms with Crippen LogP contribution < -0.4 is 0 Å². The summed E-state index contributed by atoms with van der Waals surface area (Å²) in [5.74, 6) is -0.275. The van der Waals surface area contributed by atoms with E-state index in [1.165, 1.54) is 18.7 Å². The maximum Gasteiger partial charge on any atom is 0.253 e. The predicted octanol–water partition coefficient (Wildman–Crippen LogP) is -0.160. The van der Waals surface area contributed by atoms with Gasteiger partial charge in [0.05, 0.1) is 0 Å². The molecule has 0 heterocycles. The molecule has 13 heavy (non-hydrogen) atoms. The van der Waals surface area contributed by atoms with Crippen molar-refractivity contribution >= 4 is 16.7 Å². The Bertz CT molecular complexity index is 180. The number of amides is 1. The highest BCUT2D eigenvalue weighted by Gasteiger charge is 2.24. The van der Waals surface area contributed by atoms with Crippen LogP contribution >= 0.6 is 0 Å². The van der Waals surface area contributed by atoms with Crippen LogP contribution in [0.15, 0.2) is 0 Å². The van der Waals surface area contributed by atoms with E-state index in [0.717, 1.165) is 0 Å². The van der Waals surface area contributed by atoms with E-state index in [1.54, 1.807) is 26.6 Å². The molecule has 0 saturated carbocycles. The van der Waals surface area contributed by atoms with Gasteiger partial charge >= 0.3 is 0 Å². The third kappa shape index (κ3) is 11.6. The fraction of sp³-hybridized carbons (Fsp3) is 0.875. The molecule has 0 radical (unpaired) electrons. The molecule has 80 valence electrons. The third-order valence-electron chi connectivity index (χ3n) is 0.930. The first kappa shape index (κ1) is 15.1. The van der Waals surface area contributed by atoms with Gasteiger partial charge in [0.2, 0.25) is 0 Å². The number of likely N-dealkylation sites (N-methyl/N-ethyl adjacent to an activating group) is 1. The first-order valence-electron chi connectivity index (χ1n) is 3.78. The number of rotatable bonds is 1. The summed E-state index contributed by atoms with van der Waals surface area (Å²) >= 11 is 0.